The summed E-state index contributed by atoms with van der Waals surface area (Å²) >= 11 is 0. The van der Waals surface area contributed by atoms with E-state index < -0.39 is 12.0 Å². The molecule has 9 nitrogen and oxygen atoms in total. The average molecular weight is 448 g/mol. The lowest BCUT2D eigenvalue weighted by Crippen LogP contribution is -2.43. The summed E-state index contributed by atoms with van der Waals surface area (Å²) in [5.74, 6) is 0.677. The van der Waals surface area contributed by atoms with Crippen LogP contribution in [-0.2, 0) is 27.2 Å². The molecule has 0 aliphatic carbocycles. The van der Waals surface area contributed by atoms with Gasteiger partial charge in [0.25, 0.3) is 0 Å². The number of rotatable bonds is 9. The number of benzene rings is 2. The third-order valence-electron chi connectivity index (χ3n) is 5.30. The Morgan fingerprint density at radius 2 is 1.91 bits per heavy atom. The molecule has 170 valence electrons. The zero-order valence-corrected chi connectivity index (χ0v) is 18.3. The average Bonchev–Trinajstić information content (AvgIpc) is 3.49. The van der Waals surface area contributed by atoms with Crippen LogP contribution < -0.4 is 10.1 Å². The van der Waals surface area contributed by atoms with Crippen LogP contribution in [0.3, 0.4) is 0 Å². The lowest BCUT2D eigenvalue weighted by atomic mass is 10.0. The largest absolute Gasteiger partial charge is 0.497 e. The van der Waals surface area contributed by atoms with Crippen LogP contribution in [0.25, 0.3) is 22.3 Å². The SMILES string of the molecule is COC(=O)[C@@H](Cc1c[nH]c2ccccc12)NC(=O)CCc1nc(-c2ccc(OC)cc2)no1. The number of fused-ring (bicyclic) bond motifs is 1. The van der Waals surface area contributed by atoms with E-state index in [1.54, 1.807) is 19.2 Å². The second-order valence-corrected chi connectivity index (χ2v) is 7.45. The normalized spacial score (nSPS) is 11.8. The van der Waals surface area contributed by atoms with Crippen LogP contribution in [-0.4, -0.2) is 47.3 Å². The van der Waals surface area contributed by atoms with Crippen molar-refractivity contribution in [2.24, 2.45) is 0 Å². The number of carbonyl (C=O) groups is 2. The molecule has 1 amide bonds. The van der Waals surface area contributed by atoms with Crippen molar-refractivity contribution in [3.05, 3.63) is 66.2 Å². The molecule has 0 bridgehead atoms. The van der Waals surface area contributed by atoms with E-state index >= 15 is 0 Å². The number of nitrogens with zero attached hydrogens (tertiary/aromatic N) is 2. The molecule has 0 unspecified atom stereocenters. The predicted molar refractivity (Wildman–Crippen MR) is 121 cm³/mol. The molecule has 0 aliphatic rings. The van der Waals surface area contributed by atoms with Gasteiger partial charge in [0.15, 0.2) is 0 Å². The molecule has 0 saturated carbocycles. The standard InChI is InChI=1S/C24H24N4O5/c1-31-17-9-7-15(8-10-17)23-27-22(33-28-23)12-11-21(29)26-20(24(30)32-2)13-16-14-25-19-6-4-3-5-18(16)19/h3-10,14,20,25H,11-13H2,1-2H3,(H,26,29)/t20-/m1/s1. The predicted octanol–water partition coefficient (Wildman–Crippen LogP) is 3.06. The molecule has 2 aromatic carbocycles. The molecule has 0 saturated heterocycles. The van der Waals surface area contributed by atoms with Gasteiger partial charge in [0.2, 0.25) is 17.6 Å². The van der Waals surface area contributed by atoms with E-state index in [0.29, 0.717) is 18.1 Å². The van der Waals surface area contributed by atoms with Gasteiger partial charge in [0.1, 0.15) is 11.8 Å². The van der Waals surface area contributed by atoms with E-state index in [1.165, 1.54) is 7.11 Å². The van der Waals surface area contributed by atoms with E-state index in [2.05, 4.69) is 20.4 Å². The van der Waals surface area contributed by atoms with Crippen molar-refractivity contribution in [2.75, 3.05) is 14.2 Å². The smallest absolute Gasteiger partial charge is 0.328 e. The number of aromatic nitrogens is 3. The van der Waals surface area contributed by atoms with Crippen LogP contribution in [0, 0.1) is 0 Å². The van der Waals surface area contributed by atoms with Crippen molar-refractivity contribution in [2.45, 2.75) is 25.3 Å². The summed E-state index contributed by atoms with van der Waals surface area (Å²) in [7, 11) is 2.90. The number of aromatic amines is 1. The van der Waals surface area contributed by atoms with E-state index in [9.17, 15) is 9.59 Å². The second kappa shape index (κ2) is 9.99. The highest BCUT2D eigenvalue weighted by Crippen LogP contribution is 2.21. The molecule has 0 aliphatic heterocycles. The molecule has 33 heavy (non-hydrogen) atoms. The molecule has 0 fully saturated rings. The van der Waals surface area contributed by atoms with Crippen LogP contribution in [0.5, 0.6) is 5.75 Å². The first-order valence-electron chi connectivity index (χ1n) is 10.5. The summed E-state index contributed by atoms with van der Waals surface area (Å²) < 4.78 is 15.3. The number of nitrogens with one attached hydrogen (secondary N) is 2. The molecule has 0 spiro atoms. The molecular weight excluding hydrogens is 424 g/mol. The van der Waals surface area contributed by atoms with E-state index in [4.69, 9.17) is 14.0 Å². The first-order valence-corrected chi connectivity index (χ1v) is 10.5. The molecule has 2 aromatic heterocycles. The highest BCUT2D eigenvalue weighted by atomic mass is 16.5. The van der Waals surface area contributed by atoms with Gasteiger partial charge >= 0.3 is 5.97 Å². The molecule has 0 radical (unpaired) electrons. The number of H-pyrrole nitrogens is 1. The maximum atomic E-state index is 12.6. The quantitative estimate of drug-likeness (QED) is 0.378. The Kier molecular flexibility index (Phi) is 6.68. The number of para-hydroxylation sites is 1. The van der Waals surface area contributed by atoms with Gasteiger partial charge in [0, 0.05) is 41.9 Å². The molecule has 4 rings (SSSR count). The Morgan fingerprint density at radius 1 is 1.12 bits per heavy atom. The number of ether oxygens (including phenoxy) is 2. The minimum Gasteiger partial charge on any atom is -0.497 e. The first-order chi connectivity index (χ1) is 16.1. The Balaban J connectivity index is 1.37. The maximum Gasteiger partial charge on any atom is 0.328 e. The number of esters is 1. The summed E-state index contributed by atoms with van der Waals surface area (Å²) in [6.45, 7) is 0. The number of methoxy groups -OCH3 is 2. The van der Waals surface area contributed by atoms with Crippen molar-refractivity contribution in [3.8, 4) is 17.1 Å². The third-order valence-corrected chi connectivity index (χ3v) is 5.30. The van der Waals surface area contributed by atoms with Crippen LogP contribution in [0.15, 0.2) is 59.3 Å². The van der Waals surface area contributed by atoms with Gasteiger partial charge in [-0.2, -0.15) is 4.98 Å². The third kappa shape index (κ3) is 5.20. The number of aryl methyl sites for hydroxylation is 1. The molecular formula is C24H24N4O5. The molecule has 2 heterocycles. The lowest BCUT2D eigenvalue weighted by Gasteiger charge is -2.16. The summed E-state index contributed by atoms with van der Waals surface area (Å²) in [4.78, 5) is 32.4. The first kappa shape index (κ1) is 22.1. The van der Waals surface area contributed by atoms with Crippen LogP contribution in [0.1, 0.15) is 17.9 Å². The Bertz CT molecular complexity index is 1250. The van der Waals surface area contributed by atoms with Gasteiger partial charge in [0.05, 0.1) is 14.2 Å². The Morgan fingerprint density at radius 3 is 2.67 bits per heavy atom. The van der Waals surface area contributed by atoms with Gasteiger partial charge in [-0.15, -0.1) is 0 Å². The zero-order chi connectivity index (χ0) is 23.2. The van der Waals surface area contributed by atoms with Crippen LogP contribution in [0.2, 0.25) is 0 Å². The van der Waals surface area contributed by atoms with Crippen LogP contribution in [0.4, 0.5) is 0 Å². The second-order valence-electron chi connectivity index (χ2n) is 7.45. The molecule has 1 atom stereocenters. The fraction of sp³-hybridized carbons (Fsp3) is 0.250. The Hall–Kier alpha value is -4.14. The number of hydrogen-bond donors (Lipinski definition) is 2. The number of amides is 1. The Labute approximate surface area is 190 Å². The summed E-state index contributed by atoms with van der Waals surface area (Å²) in [5, 5.41) is 7.72. The minimum absolute atomic E-state index is 0.0889. The van der Waals surface area contributed by atoms with Crippen LogP contribution >= 0.6 is 0 Å². The number of carbonyl (C=O) groups excluding carboxylic acids is 2. The van der Waals surface area contributed by atoms with Gasteiger partial charge in [-0.3, -0.25) is 4.79 Å². The lowest BCUT2D eigenvalue weighted by molar-refractivity contribution is -0.145. The van der Waals surface area contributed by atoms with Gasteiger partial charge in [-0.1, -0.05) is 23.4 Å². The van der Waals surface area contributed by atoms with Crippen molar-refractivity contribution in [1.82, 2.24) is 20.4 Å². The zero-order valence-electron chi connectivity index (χ0n) is 18.3. The van der Waals surface area contributed by atoms with Crippen molar-refractivity contribution in [3.63, 3.8) is 0 Å². The fourth-order valence-electron chi connectivity index (χ4n) is 3.56. The van der Waals surface area contributed by atoms with E-state index in [0.717, 1.165) is 27.8 Å². The minimum atomic E-state index is -0.806. The van der Waals surface area contributed by atoms with Crippen molar-refractivity contribution >= 4 is 22.8 Å². The van der Waals surface area contributed by atoms with Gasteiger partial charge < -0.3 is 24.3 Å². The molecule has 2 N–H and O–H groups in total. The van der Waals surface area contributed by atoms with Crippen molar-refractivity contribution in [1.29, 1.82) is 0 Å². The fourth-order valence-corrected chi connectivity index (χ4v) is 3.56. The maximum absolute atomic E-state index is 12.6. The molecule has 9 heteroatoms. The number of hydrogen-bond acceptors (Lipinski definition) is 7. The van der Waals surface area contributed by atoms with Gasteiger partial charge in [-0.05, 0) is 35.9 Å². The summed E-state index contributed by atoms with van der Waals surface area (Å²) in [6.07, 6.45) is 2.48. The van der Waals surface area contributed by atoms with Crippen molar-refractivity contribution < 1.29 is 23.6 Å². The highest BCUT2D eigenvalue weighted by molar-refractivity contribution is 5.87. The molecule has 4 aromatic rings. The summed E-state index contributed by atoms with van der Waals surface area (Å²) in [5.41, 5.74) is 2.66. The monoisotopic (exact) mass is 448 g/mol. The highest BCUT2D eigenvalue weighted by Gasteiger charge is 2.23. The van der Waals surface area contributed by atoms with Gasteiger partial charge in [-0.25, -0.2) is 4.79 Å². The van der Waals surface area contributed by atoms with E-state index in [-0.39, 0.29) is 18.7 Å². The summed E-state index contributed by atoms with van der Waals surface area (Å²) in [6, 6.07) is 14.2. The topological polar surface area (TPSA) is 119 Å². The van der Waals surface area contributed by atoms with E-state index in [1.807, 2.05) is 42.6 Å².